The molecule has 0 amide bonds. The monoisotopic (exact) mass is 452 g/mol. The van der Waals surface area contributed by atoms with E-state index in [-0.39, 0.29) is 17.3 Å². The molecule has 0 saturated heterocycles. The van der Waals surface area contributed by atoms with E-state index in [1.54, 1.807) is 30.3 Å². The molecule has 176 valence electrons. The van der Waals surface area contributed by atoms with Crippen molar-refractivity contribution >= 4 is 0 Å². The molecule has 33 heavy (non-hydrogen) atoms. The molecule has 0 nitrogen and oxygen atoms in total. The van der Waals surface area contributed by atoms with Gasteiger partial charge >= 0.3 is 0 Å². The van der Waals surface area contributed by atoms with Crippen LogP contribution in [0.25, 0.3) is 11.1 Å². The van der Waals surface area contributed by atoms with Crippen LogP contribution in [0.15, 0.2) is 55.6 Å². The molecule has 0 bridgehead atoms. The van der Waals surface area contributed by atoms with Crippen LogP contribution in [0.1, 0.15) is 74.8 Å². The van der Waals surface area contributed by atoms with Crippen LogP contribution >= 0.6 is 0 Å². The van der Waals surface area contributed by atoms with Gasteiger partial charge in [0.05, 0.1) is 0 Å². The average molecular weight is 453 g/mol. The summed E-state index contributed by atoms with van der Waals surface area (Å²) in [6.07, 6.45) is 14.1. The molecule has 0 spiro atoms. The van der Waals surface area contributed by atoms with E-state index >= 15 is 4.39 Å². The zero-order chi connectivity index (χ0) is 23.4. The van der Waals surface area contributed by atoms with Crippen molar-refractivity contribution in [3.63, 3.8) is 0 Å². The summed E-state index contributed by atoms with van der Waals surface area (Å²) in [5.41, 5.74) is 1.56. The molecule has 3 heteroatoms. The molecular weight excluding hydrogens is 417 g/mol. The molecule has 0 radical (unpaired) electrons. The van der Waals surface area contributed by atoms with E-state index in [4.69, 9.17) is 0 Å². The van der Waals surface area contributed by atoms with Crippen LogP contribution in [-0.2, 0) is 6.42 Å². The second kappa shape index (κ2) is 10.8. The third-order valence-electron chi connectivity index (χ3n) is 8.03. The van der Waals surface area contributed by atoms with Crippen molar-refractivity contribution in [3.05, 3.63) is 84.2 Å². The maximum atomic E-state index is 15.2. The Bertz CT molecular complexity index is 992. The molecule has 0 heterocycles. The Morgan fingerprint density at radius 1 is 0.818 bits per heavy atom. The predicted octanol–water partition coefficient (Wildman–Crippen LogP) is 9.16. The summed E-state index contributed by atoms with van der Waals surface area (Å²) in [6.45, 7) is 7.47. The Labute approximate surface area is 196 Å². The van der Waals surface area contributed by atoms with Crippen molar-refractivity contribution in [1.29, 1.82) is 0 Å². The number of aryl methyl sites for hydroxylation is 1. The highest BCUT2D eigenvalue weighted by atomic mass is 19.2. The number of benzene rings is 2. The smallest absolute Gasteiger partial charge is 0.166 e. The highest BCUT2D eigenvalue weighted by Gasteiger charge is 2.36. The molecule has 2 aliphatic rings. The normalized spacial score (nSPS) is 24.8. The molecule has 4 rings (SSSR count). The number of halogens is 3. The number of fused-ring (bicyclic) bond motifs is 1. The van der Waals surface area contributed by atoms with Gasteiger partial charge in [-0.2, -0.15) is 0 Å². The van der Waals surface area contributed by atoms with Gasteiger partial charge in [-0.1, -0.05) is 42.8 Å². The minimum atomic E-state index is -0.905. The van der Waals surface area contributed by atoms with Crippen LogP contribution in [0.3, 0.4) is 0 Å². The number of allylic oxidation sites excluding steroid dienone is 2. The van der Waals surface area contributed by atoms with Gasteiger partial charge in [-0.25, -0.2) is 13.2 Å². The lowest BCUT2D eigenvalue weighted by atomic mass is 9.63. The van der Waals surface area contributed by atoms with Gasteiger partial charge in [-0.15, -0.1) is 13.2 Å². The Kier molecular flexibility index (Phi) is 7.78. The summed E-state index contributed by atoms with van der Waals surface area (Å²) in [5, 5.41) is 0. The first-order chi connectivity index (χ1) is 16.0. The number of rotatable bonds is 8. The van der Waals surface area contributed by atoms with Crippen LogP contribution in [0.4, 0.5) is 13.2 Å². The molecule has 4 unspecified atom stereocenters. The fourth-order valence-electron chi connectivity index (χ4n) is 6.17. The summed E-state index contributed by atoms with van der Waals surface area (Å²) in [4.78, 5) is 0. The molecule has 2 aromatic carbocycles. The van der Waals surface area contributed by atoms with E-state index in [0.717, 1.165) is 43.1 Å². The summed E-state index contributed by atoms with van der Waals surface area (Å²) >= 11 is 0. The largest absolute Gasteiger partial charge is 0.207 e. The Morgan fingerprint density at radius 2 is 1.58 bits per heavy atom. The first-order valence-corrected chi connectivity index (χ1v) is 12.5. The van der Waals surface area contributed by atoms with Crippen LogP contribution in [0.5, 0.6) is 0 Å². The van der Waals surface area contributed by atoms with Gasteiger partial charge in [-0.05, 0) is 104 Å². The van der Waals surface area contributed by atoms with E-state index in [2.05, 4.69) is 13.2 Å². The topological polar surface area (TPSA) is 0 Å². The number of hydrogen-bond donors (Lipinski definition) is 0. The third kappa shape index (κ3) is 5.28. The Hall–Kier alpha value is -2.29. The maximum absolute atomic E-state index is 15.2. The lowest BCUT2D eigenvalue weighted by molar-refractivity contribution is 0.114. The fraction of sp³-hybridized carbons (Fsp3) is 0.467. The second-order valence-electron chi connectivity index (χ2n) is 10.0. The third-order valence-corrected chi connectivity index (χ3v) is 8.03. The van der Waals surface area contributed by atoms with Crippen molar-refractivity contribution in [2.75, 3.05) is 0 Å². The average Bonchev–Trinajstić information content (AvgIpc) is 2.83. The van der Waals surface area contributed by atoms with Crippen molar-refractivity contribution in [2.24, 2.45) is 17.8 Å². The van der Waals surface area contributed by atoms with Gasteiger partial charge in [-0.3, -0.25) is 0 Å². The highest BCUT2D eigenvalue weighted by molar-refractivity contribution is 5.65. The predicted molar refractivity (Wildman–Crippen MR) is 131 cm³/mol. The van der Waals surface area contributed by atoms with E-state index in [0.29, 0.717) is 29.9 Å². The molecule has 2 saturated carbocycles. The quantitative estimate of drug-likeness (QED) is 0.350. The van der Waals surface area contributed by atoms with Gasteiger partial charge in [0.1, 0.15) is 5.82 Å². The van der Waals surface area contributed by atoms with Crippen molar-refractivity contribution in [1.82, 2.24) is 0 Å². The minimum Gasteiger partial charge on any atom is -0.207 e. The van der Waals surface area contributed by atoms with Gasteiger partial charge in [0.2, 0.25) is 0 Å². The lowest BCUT2D eigenvalue weighted by Gasteiger charge is -2.42. The molecule has 2 aromatic rings. The standard InChI is InChI=1S/C30H35F3/c1-3-5-7-20-9-10-23-18-24(12-11-22(23)17-20)26-15-14-25(19-28(26)31)27-16-13-21(8-6-4-2)29(32)30(27)33/h3-4,13-16,19-20,22-24H,1-2,5-12,17-18H2. The zero-order valence-electron chi connectivity index (χ0n) is 19.5. The van der Waals surface area contributed by atoms with E-state index in [9.17, 15) is 8.78 Å². The summed E-state index contributed by atoms with van der Waals surface area (Å²) in [6, 6.07) is 8.08. The number of hydrogen-bond acceptors (Lipinski definition) is 0. The van der Waals surface area contributed by atoms with E-state index in [1.165, 1.54) is 31.7 Å². The van der Waals surface area contributed by atoms with Crippen LogP contribution in [0.2, 0.25) is 0 Å². The zero-order valence-corrected chi connectivity index (χ0v) is 19.5. The van der Waals surface area contributed by atoms with E-state index < -0.39 is 11.6 Å². The van der Waals surface area contributed by atoms with Crippen molar-refractivity contribution in [3.8, 4) is 11.1 Å². The summed E-state index contributed by atoms with van der Waals surface area (Å²) in [5.74, 6) is 0.425. The molecular formula is C30H35F3. The Balaban J connectivity index is 1.46. The summed E-state index contributed by atoms with van der Waals surface area (Å²) in [7, 11) is 0. The molecule has 0 aromatic heterocycles. The summed E-state index contributed by atoms with van der Waals surface area (Å²) < 4.78 is 44.4. The van der Waals surface area contributed by atoms with Gasteiger partial charge < -0.3 is 0 Å². The minimum absolute atomic E-state index is 0.113. The first kappa shape index (κ1) is 23.9. The van der Waals surface area contributed by atoms with Crippen molar-refractivity contribution < 1.29 is 13.2 Å². The van der Waals surface area contributed by atoms with Crippen LogP contribution in [-0.4, -0.2) is 0 Å². The molecule has 0 N–H and O–H groups in total. The Morgan fingerprint density at radius 3 is 2.33 bits per heavy atom. The van der Waals surface area contributed by atoms with E-state index in [1.807, 2.05) is 6.08 Å². The molecule has 4 atom stereocenters. The van der Waals surface area contributed by atoms with Gasteiger partial charge in [0.15, 0.2) is 11.6 Å². The molecule has 2 aliphatic carbocycles. The fourth-order valence-corrected chi connectivity index (χ4v) is 6.17. The van der Waals surface area contributed by atoms with Gasteiger partial charge in [0, 0.05) is 5.56 Å². The van der Waals surface area contributed by atoms with Crippen LogP contribution < -0.4 is 0 Å². The highest BCUT2D eigenvalue weighted by Crippen LogP contribution is 2.49. The lowest BCUT2D eigenvalue weighted by Crippen LogP contribution is -2.30. The second-order valence-corrected chi connectivity index (χ2v) is 10.0. The van der Waals surface area contributed by atoms with Crippen molar-refractivity contribution in [2.45, 2.75) is 70.1 Å². The van der Waals surface area contributed by atoms with Gasteiger partial charge in [0.25, 0.3) is 0 Å². The SMILES string of the molecule is C=CCCc1ccc(-c2ccc(C3CCC4CC(CCC=C)CCC4C3)c(F)c2)c(F)c1F. The first-order valence-electron chi connectivity index (χ1n) is 12.5. The molecule has 2 fully saturated rings. The van der Waals surface area contributed by atoms with Crippen LogP contribution in [0, 0.1) is 35.2 Å². The maximum Gasteiger partial charge on any atom is 0.166 e. The molecule has 0 aliphatic heterocycles.